The molecule has 2 N–H and O–H groups in total. The van der Waals surface area contributed by atoms with Crippen molar-refractivity contribution in [3.05, 3.63) is 83.9 Å². The minimum atomic E-state index is -3.95. The number of nitrogens with one attached hydrogen (secondary N) is 1. The van der Waals surface area contributed by atoms with Crippen molar-refractivity contribution >= 4 is 27.5 Å². The summed E-state index contributed by atoms with van der Waals surface area (Å²) < 4.78 is 47.1. The van der Waals surface area contributed by atoms with Crippen LogP contribution in [0.1, 0.15) is 34.6 Å². The van der Waals surface area contributed by atoms with Crippen LogP contribution < -0.4 is 10.1 Å². The Hall–Kier alpha value is -3.87. The maximum absolute atomic E-state index is 13.6. The molecule has 1 aliphatic rings. The first-order chi connectivity index (χ1) is 19.0. The van der Waals surface area contributed by atoms with Gasteiger partial charge in [-0.3, -0.25) is 14.6 Å². The average Bonchev–Trinajstić information content (AvgIpc) is 2.95. The highest BCUT2D eigenvalue weighted by Gasteiger charge is 2.35. The number of carbonyl (C=O) groups excluding carboxylic acids is 2. The van der Waals surface area contributed by atoms with Crippen molar-refractivity contribution in [2.24, 2.45) is 5.92 Å². The fourth-order valence-corrected chi connectivity index (χ4v) is 5.55. The van der Waals surface area contributed by atoms with Gasteiger partial charge in [0, 0.05) is 43.2 Å². The van der Waals surface area contributed by atoms with Crippen LogP contribution in [-0.4, -0.2) is 78.4 Å². The van der Waals surface area contributed by atoms with Crippen molar-refractivity contribution in [1.29, 1.82) is 0 Å². The smallest absolute Gasteiger partial charge is 0.258 e. The number of sulfonamides is 1. The molecule has 10 nitrogen and oxygen atoms in total. The summed E-state index contributed by atoms with van der Waals surface area (Å²) in [7, 11) is -2.55. The number of likely N-dealkylation sites (N-methyl/N-ethyl adjacent to an activating group) is 1. The molecule has 0 spiro atoms. The highest BCUT2D eigenvalue weighted by Crippen LogP contribution is 2.31. The largest absolute Gasteiger partial charge is 0.488 e. The zero-order valence-electron chi connectivity index (χ0n) is 22.3. The highest BCUT2D eigenvalue weighted by atomic mass is 32.2. The van der Waals surface area contributed by atoms with Gasteiger partial charge in [-0.25, -0.2) is 12.8 Å². The monoisotopic (exact) mass is 570 g/mol. The summed E-state index contributed by atoms with van der Waals surface area (Å²) in [6, 6.07) is 11.8. The van der Waals surface area contributed by atoms with Gasteiger partial charge in [-0.05, 0) is 61.5 Å². The molecule has 3 atom stereocenters. The fraction of sp³-hybridized carbons (Fsp3) is 0.321. The maximum atomic E-state index is 13.6. The third-order valence-electron chi connectivity index (χ3n) is 6.82. The Morgan fingerprint density at radius 1 is 1.20 bits per heavy atom. The van der Waals surface area contributed by atoms with E-state index in [2.05, 4.69) is 10.3 Å². The van der Waals surface area contributed by atoms with Crippen LogP contribution in [-0.2, 0) is 10.0 Å². The summed E-state index contributed by atoms with van der Waals surface area (Å²) in [6.07, 6.45) is 2.31. The number of halogens is 1. The van der Waals surface area contributed by atoms with E-state index in [0.29, 0.717) is 11.3 Å². The second-order valence-corrected chi connectivity index (χ2v) is 11.8. The van der Waals surface area contributed by atoms with Gasteiger partial charge in [0.05, 0.1) is 29.7 Å². The van der Waals surface area contributed by atoms with Gasteiger partial charge in [-0.15, -0.1) is 0 Å². The highest BCUT2D eigenvalue weighted by molar-refractivity contribution is 7.89. The van der Waals surface area contributed by atoms with E-state index in [-0.39, 0.29) is 47.7 Å². The zero-order valence-corrected chi connectivity index (χ0v) is 23.1. The second kappa shape index (κ2) is 12.1. The molecule has 12 heteroatoms. The Morgan fingerprint density at radius 3 is 2.52 bits per heavy atom. The Kier molecular flexibility index (Phi) is 8.82. The molecule has 0 radical (unpaired) electrons. The first-order valence-corrected chi connectivity index (χ1v) is 14.1. The van der Waals surface area contributed by atoms with E-state index in [4.69, 9.17) is 4.74 Å². The number of amides is 2. The topological polar surface area (TPSA) is 129 Å². The molecule has 0 saturated carbocycles. The van der Waals surface area contributed by atoms with Crippen molar-refractivity contribution in [2.75, 3.05) is 32.1 Å². The predicted molar refractivity (Wildman–Crippen MR) is 146 cm³/mol. The molecule has 2 aromatic carbocycles. The van der Waals surface area contributed by atoms with Crippen LogP contribution >= 0.6 is 0 Å². The molecular weight excluding hydrogens is 539 g/mol. The Balaban J connectivity index is 1.65. The number of ether oxygens (including phenoxy) is 1. The molecule has 0 fully saturated rings. The number of aliphatic hydroxyl groups is 1. The summed E-state index contributed by atoms with van der Waals surface area (Å²) in [6.45, 7) is 3.39. The van der Waals surface area contributed by atoms with Crippen LogP contribution in [0.3, 0.4) is 0 Å². The molecule has 0 bridgehead atoms. The van der Waals surface area contributed by atoms with E-state index in [9.17, 15) is 27.5 Å². The van der Waals surface area contributed by atoms with Crippen LogP contribution in [0.2, 0.25) is 0 Å². The van der Waals surface area contributed by atoms with Gasteiger partial charge in [-0.1, -0.05) is 6.92 Å². The molecule has 2 amide bonds. The van der Waals surface area contributed by atoms with E-state index in [1.807, 2.05) is 6.92 Å². The van der Waals surface area contributed by atoms with Crippen LogP contribution in [0.25, 0.3) is 0 Å². The van der Waals surface area contributed by atoms with Gasteiger partial charge < -0.3 is 20.1 Å². The standard InChI is InChI=1S/C28H31FN4O6S/c1-18-15-33(19(2)17-34)28(36)24-14-22(31-27(35)20-10-12-30-13-11-20)6-9-25(24)39-26(18)16-32(3)40(37,38)23-7-4-21(29)5-8-23/h4-14,18-19,26,34H,15-17H2,1-3H3,(H,31,35)/t18-,19-,26+/m1/s1. The van der Waals surface area contributed by atoms with E-state index in [1.54, 1.807) is 31.2 Å². The van der Waals surface area contributed by atoms with Gasteiger partial charge in [0.1, 0.15) is 17.7 Å². The van der Waals surface area contributed by atoms with Crippen LogP contribution in [0.15, 0.2) is 71.9 Å². The Morgan fingerprint density at radius 2 is 1.88 bits per heavy atom. The number of carbonyl (C=O) groups is 2. The number of anilines is 1. The van der Waals surface area contributed by atoms with Crippen molar-refractivity contribution in [2.45, 2.75) is 30.9 Å². The summed E-state index contributed by atoms with van der Waals surface area (Å²) in [5.74, 6) is -1.45. The van der Waals surface area contributed by atoms with Crippen LogP contribution in [0.5, 0.6) is 5.75 Å². The van der Waals surface area contributed by atoms with Gasteiger partial charge in [0.2, 0.25) is 10.0 Å². The van der Waals surface area contributed by atoms with Crippen LogP contribution in [0, 0.1) is 11.7 Å². The number of aliphatic hydroxyl groups excluding tert-OH is 1. The molecule has 4 rings (SSSR count). The van der Waals surface area contributed by atoms with Crippen molar-refractivity contribution in [1.82, 2.24) is 14.2 Å². The van der Waals surface area contributed by atoms with Crippen molar-refractivity contribution < 1.29 is 32.2 Å². The molecule has 3 aromatic rings. The fourth-order valence-electron chi connectivity index (χ4n) is 4.36. The van der Waals surface area contributed by atoms with E-state index in [0.717, 1.165) is 16.4 Å². The normalized spacial score (nSPS) is 18.4. The number of aromatic nitrogens is 1. The number of rotatable bonds is 8. The molecule has 0 unspecified atom stereocenters. The number of pyridine rings is 1. The molecular formula is C28H31FN4O6S. The second-order valence-electron chi connectivity index (χ2n) is 9.76. The number of hydrogen-bond donors (Lipinski definition) is 2. The molecule has 0 saturated heterocycles. The lowest BCUT2D eigenvalue weighted by Gasteiger charge is -2.38. The Labute approximate surface area is 232 Å². The van der Waals surface area contributed by atoms with Crippen molar-refractivity contribution in [3.8, 4) is 5.75 Å². The molecule has 1 aliphatic heterocycles. The molecule has 0 aliphatic carbocycles. The van der Waals surface area contributed by atoms with Gasteiger partial charge in [0.25, 0.3) is 11.8 Å². The van der Waals surface area contributed by atoms with Gasteiger partial charge in [-0.2, -0.15) is 4.31 Å². The first kappa shape index (κ1) is 29.1. The van der Waals surface area contributed by atoms with E-state index < -0.39 is 33.9 Å². The quantitative estimate of drug-likeness (QED) is 0.426. The lowest BCUT2D eigenvalue weighted by molar-refractivity contribution is 0.0387. The summed E-state index contributed by atoms with van der Waals surface area (Å²) in [4.78, 5) is 31.6. The summed E-state index contributed by atoms with van der Waals surface area (Å²) >= 11 is 0. The minimum Gasteiger partial charge on any atom is -0.488 e. The minimum absolute atomic E-state index is 0.0591. The Bertz CT molecular complexity index is 1470. The van der Waals surface area contributed by atoms with Gasteiger partial charge >= 0.3 is 0 Å². The summed E-state index contributed by atoms with van der Waals surface area (Å²) in [5.41, 5.74) is 0.906. The van der Waals surface area contributed by atoms with Gasteiger partial charge in [0.15, 0.2) is 0 Å². The predicted octanol–water partition coefficient (Wildman–Crippen LogP) is 3.01. The lowest BCUT2D eigenvalue weighted by Crippen LogP contribution is -2.50. The van der Waals surface area contributed by atoms with E-state index in [1.165, 1.54) is 42.5 Å². The number of nitrogens with zero attached hydrogens (tertiary/aromatic N) is 3. The summed E-state index contributed by atoms with van der Waals surface area (Å²) in [5, 5.41) is 12.6. The SMILES string of the molecule is C[C@@H]1CN([C@H](C)CO)C(=O)c2cc(NC(=O)c3ccncc3)ccc2O[C@H]1CN(C)S(=O)(=O)c1ccc(F)cc1. The third kappa shape index (κ3) is 6.30. The molecule has 1 aromatic heterocycles. The average molecular weight is 571 g/mol. The molecule has 2 heterocycles. The third-order valence-corrected chi connectivity index (χ3v) is 8.66. The number of fused-ring (bicyclic) bond motifs is 1. The first-order valence-electron chi connectivity index (χ1n) is 12.7. The molecule has 212 valence electrons. The number of benzene rings is 2. The zero-order chi connectivity index (χ0) is 29.0. The van der Waals surface area contributed by atoms with Crippen molar-refractivity contribution in [3.63, 3.8) is 0 Å². The van der Waals surface area contributed by atoms with Crippen LogP contribution in [0.4, 0.5) is 10.1 Å². The maximum Gasteiger partial charge on any atom is 0.258 e. The number of hydrogen-bond acceptors (Lipinski definition) is 7. The lowest BCUT2D eigenvalue weighted by atomic mass is 9.99. The molecule has 40 heavy (non-hydrogen) atoms. The van der Waals surface area contributed by atoms with E-state index >= 15 is 0 Å².